The summed E-state index contributed by atoms with van der Waals surface area (Å²) in [4.78, 5) is 12.2. The Balaban J connectivity index is 0.00000441. The van der Waals surface area contributed by atoms with Crippen LogP contribution in [0.4, 0.5) is 0 Å². The van der Waals surface area contributed by atoms with Crippen LogP contribution in [0.15, 0.2) is 30.3 Å². The molecule has 0 bridgehead atoms. The highest BCUT2D eigenvalue weighted by molar-refractivity contribution is 5.85. The van der Waals surface area contributed by atoms with Crippen molar-refractivity contribution in [3.05, 3.63) is 35.9 Å². The number of hydrogen-bond donors (Lipinski definition) is 3. The highest BCUT2D eigenvalue weighted by Gasteiger charge is 2.25. The minimum Gasteiger partial charge on any atom is -0.393 e. The Morgan fingerprint density at radius 2 is 1.82 bits per heavy atom. The summed E-state index contributed by atoms with van der Waals surface area (Å²) >= 11 is 0. The molecule has 0 radical (unpaired) electrons. The van der Waals surface area contributed by atoms with E-state index in [1.165, 1.54) is 0 Å². The first-order valence-corrected chi connectivity index (χ1v) is 7.49. The maximum absolute atomic E-state index is 12.2. The number of nitrogens with two attached hydrogens (primary N) is 1. The average Bonchev–Trinajstić information content (AvgIpc) is 2.43. The van der Waals surface area contributed by atoms with E-state index in [4.69, 9.17) is 5.73 Å². The molecule has 4 nitrogen and oxygen atoms in total. The summed E-state index contributed by atoms with van der Waals surface area (Å²) in [6.45, 7) is 8.19. The molecule has 1 aromatic rings. The number of carbonyl (C=O) groups excluding carboxylic acids is 1. The highest BCUT2D eigenvalue weighted by Crippen LogP contribution is 2.23. The monoisotopic (exact) mass is 328 g/mol. The summed E-state index contributed by atoms with van der Waals surface area (Å²) in [7, 11) is 0. The van der Waals surface area contributed by atoms with Gasteiger partial charge in [-0.2, -0.15) is 0 Å². The van der Waals surface area contributed by atoms with Crippen molar-refractivity contribution in [3.63, 3.8) is 0 Å². The van der Waals surface area contributed by atoms with Crippen molar-refractivity contribution in [2.75, 3.05) is 6.54 Å². The standard InChI is InChI=1S/C17H28N2O2.ClH/c1-12(20)10-17(3,4)11-19-16(21)13(2)15(18)14-8-6-5-7-9-14;/h5-9,12-13,15,20H,10-11,18H2,1-4H3,(H,19,21);1H. The zero-order chi connectivity index (χ0) is 16.0. The Bertz CT molecular complexity index is 449. The maximum atomic E-state index is 12.2. The summed E-state index contributed by atoms with van der Waals surface area (Å²) in [5, 5.41) is 12.4. The second-order valence-corrected chi connectivity index (χ2v) is 6.66. The van der Waals surface area contributed by atoms with Crippen molar-refractivity contribution >= 4 is 18.3 Å². The van der Waals surface area contributed by atoms with Crippen LogP contribution in [0.5, 0.6) is 0 Å². The predicted molar refractivity (Wildman–Crippen MR) is 92.9 cm³/mol. The second-order valence-electron chi connectivity index (χ2n) is 6.66. The topological polar surface area (TPSA) is 75.3 Å². The number of hydrogen-bond acceptors (Lipinski definition) is 3. The highest BCUT2D eigenvalue weighted by atomic mass is 35.5. The van der Waals surface area contributed by atoms with Crippen LogP contribution in [0.3, 0.4) is 0 Å². The summed E-state index contributed by atoms with van der Waals surface area (Å²) in [6.07, 6.45) is 0.271. The van der Waals surface area contributed by atoms with E-state index < -0.39 is 0 Å². The first kappa shape index (κ1) is 20.9. The number of rotatable bonds is 7. The second kappa shape index (κ2) is 9.13. The number of halogens is 1. The zero-order valence-electron chi connectivity index (χ0n) is 13.9. The van der Waals surface area contributed by atoms with E-state index in [0.717, 1.165) is 5.56 Å². The molecular formula is C17H29ClN2O2. The van der Waals surface area contributed by atoms with E-state index in [9.17, 15) is 9.90 Å². The lowest BCUT2D eigenvalue weighted by atomic mass is 9.86. The fourth-order valence-corrected chi connectivity index (χ4v) is 2.49. The van der Waals surface area contributed by atoms with E-state index in [1.807, 2.05) is 51.1 Å². The summed E-state index contributed by atoms with van der Waals surface area (Å²) in [5.41, 5.74) is 6.98. The molecule has 1 amide bonds. The lowest BCUT2D eigenvalue weighted by molar-refractivity contribution is -0.125. The zero-order valence-corrected chi connectivity index (χ0v) is 14.7. The van der Waals surface area contributed by atoms with Crippen LogP contribution in [-0.2, 0) is 4.79 Å². The Kier molecular flexibility index (Phi) is 8.68. The molecule has 3 atom stereocenters. The lowest BCUT2D eigenvalue weighted by Gasteiger charge is -2.28. The van der Waals surface area contributed by atoms with Crippen LogP contribution < -0.4 is 11.1 Å². The van der Waals surface area contributed by atoms with Crippen molar-refractivity contribution in [2.24, 2.45) is 17.1 Å². The molecule has 0 aliphatic rings. The van der Waals surface area contributed by atoms with Gasteiger partial charge in [0.1, 0.15) is 0 Å². The molecule has 0 saturated carbocycles. The van der Waals surface area contributed by atoms with Crippen LogP contribution in [-0.4, -0.2) is 23.7 Å². The number of aliphatic hydroxyl groups excluding tert-OH is 1. The fraction of sp³-hybridized carbons (Fsp3) is 0.588. The molecule has 0 spiro atoms. The van der Waals surface area contributed by atoms with Gasteiger partial charge in [0, 0.05) is 12.6 Å². The molecule has 3 unspecified atom stereocenters. The largest absolute Gasteiger partial charge is 0.393 e. The smallest absolute Gasteiger partial charge is 0.224 e. The van der Waals surface area contributed by atoms with Gasteiger partial charge in [-0.05, 0) is 24.3 Å². The summed E-state index contributed by atoms with van der Waals surface area (Å²) in [5.74, 6) is -0.347. The van der Waals surface area contributed by atoms with Crippen LogP contribution in [0.2, 0.25) is 0 Å². The molecule has 0 aliphatic carbocycles. The van der Waals surface area contributed by atoms with Gasteiger partial charge < -0.3 is 16.2 Å². The fourth-order valence-electron chi connectivity index (χ4n) is 2.49. The number of carbonyl (C=O) groups is 1. The Morgan fingerprint density at radius 3 is 2.32 bits per heavy atom. The molecule has 0 aliphatic heterocycles. The van der Waals surface area contributed by atoms with Gasteiger partial charge in [0.15, 0.2) is 0 Å². The van der Waals surface area contributed by atoms with E-state index in [0.29, 0.717) is 13.0 Å². The van der Waals surface area contributed by atoms with E-state index in [1.54, 1.807) is 6.92 Å². The molecule has 1 aromatic carbocycles. The van der Waals surface area contributed by atoms with Crippen molar-refractivity contribution in [1.82, 2.24) is 5.32 Å². The van der Waals surface area contributed by atoms with Crippen LogP contribution in [0, 0.1) is 11.3 Å². The van der Waals surface area contributed by atoms with E-state index in [2.05, 4.69) is 5.32 Å². The molecule has 0 heterocycles. The van der Waals surface area contributed by atoms with Crippen molar-refractivity contribution in [1.29, 1.82) is 0 Å². The first-order chi connectivity index (χ1) is 9.73. The lowest BCUT2D eigenvalue weighted by Crippen LogP contribution is -2.41. The predicted octanol–water partition coefficient (Wildman–Crippen LogP) is 2.66. The van der Waals surface area contributed by atoms with Gasteiger partial charge in [-0.1, -0.05) is 51.1 Å². The molecular weight excluding hydrogens is 300 g/mol. The molecule has 1 rings (SSSR count). The van der Waals surface area contributed by atoms with Gasteiger partial charge in [-0.3, -0.25) is 4.79 Å². The minimum atomic E-state index is -0.374. The van der Waals surface area contributed by atoms with Crippen LogP contribution in [0.1, 0.15) is 45.7 Å². The third-order valence-electron chi connectivity index (χ3n) is 3.73. The van der Waals surface area contributed by atoms with Gasteiger partial charge in [0.2, 0.25) is 5.91 Å². The van der Waals surface area contributed by atoms with E-state index in [-0.39, 0.29) is 41.8 Å². The molecule has 22 heavy (non-hydrogen) atoms. The quantitative estimate of drug-likeness (QED) is 0.720. The minimum absolute atomic E-state index is 0. The molecule has 0 fully saturated rings. The van der Waals surface area contributed by atoms with Gasteiger partial charge in [-0.15, -0.1) is 12.4 Å². The normalized spacial score (nSPS) is 15.4. The number of benzene rings is 1. The van der Waals surface area contributed by atoms with Crippen LogP contribution in [0.25, 0.3) is 0 Å². The SMILES string of the molecule is CC(O)CC(C)(C)CNC(=O)C(C)C(N)c1ccccc1.Cl. The Labute approximate surface area is 139 Å². The summed E-state index contributed by atoms with van der Waals surface area (Å²) < 4.78 is 0. The first-order valence-electron chi connectivity index (χ1n) is 7.49. The third kappa shape index (κ3) is 6.77. The van der Waals surface area contributed by atoms with Gasteiger partial charge in [0.05, 0.1) is 12.0 Å². The molecule has 126 valence electrons. The Hall–Kier alpha value is -1.10. The summed E-state index contributed by atoms with van der Waals surface area (Å²) in [6, 6.07) is 9.33. The van der Waals surface area contributed by atoms with Crippen molar-refractivity contribution in [3.8, 4) is 0 Å². The van der Waals surface area contributed by atoms with Gasteiger partial charge in [-0.25, -0.2) is 0 Å². The number of aliphatic hydroxyl groups is 1. The Morgan fingerprint density at radius 1 is 1.27 bits per heavy atom. The number of amides is 1. The molecule has 0 aromatic heterocycles. The van der Waals surface area contributed by atoms with E-state index >= 15 is 0 Å². The molecule has 4 N–H and O–H groups in total. The molecule has 5 heteroatoms. The molecule has 0 saturated heterocycles. The van der Waals surface area contributed by atoms with Crippen LogP contribution >= 0.6 is 12.4 Å². The van der Waals surface area contributed by atoms with Gasteiger partial charge in [0.25, 0.3) is 0 Å². The average molecular weight is 329 g/mol. The number of nitrogens with one attached hydrogen (secondary N) is 1. The van der Waals surface area contributed by atoms with Gasteiger partial charge >= 0.3 is 0 Å². The van der Waals surface area contributed by atoms with Crippen molar-refractivity contribution < 1.29 is 9.90 Å². The maximum Gasteiger partial charge on any atom is 0.224 e. The van der Waals surface area contributed by atoms with Crippen molar-refractivity contribution in [2.45, 2.75) is 46.3 Å². The third-order valence-corrected chi connectivity index (χ3v) is 3.73.